The minimum atomic E-state index is -6.17. The molecule has 13 nitrogen and oxygen atoms in total. The Bertz CT molecular complexity index is 1230. The molecule has 0 bridgehead atoms. The van der Waals surface area contributed by atoms with Crippen LogP contribution < -0.4 is 11.1 Å². The minimum absolute atomic E-state index is 0.00681. The summed E-state index contributed by atoms with van der Waals surface area (Å²) in [6, 6.07) is -2.34. The van der Waals surface area contributed by atoms with Gasteiger partial charge < -0.3 is 25.2 Å². The van der Waals surface area contributed by atoms with Gasteiger partial charge in [-0.2, -0.15) is 21.6 Å². The van der Waals surface area contributed by atoms with Crippen molar-refractivity contribution in [2.24, 2.45) is 5.16 Å². The maximum Gasteiger partial charge on any atom is 0.534 e. The maximum atomic E-state index is 12.7. The average molecular weight is 548 g/mol. The Morgan fingerprint density at radius 1 is 1.41 bits per heavy atom. The highest BCUT2D eigenvalue weighted by atomic mass is 35.5. The van der Waals surface area contributed by atoms with Gasteiger partial charge in [0.15, 0.2) is 22.3 Å². The standard InChI is InChI=1S/C15H13ClF3N5O8S2/c1-31-23-8(7-10(16)33-14(20)22-7)11(25)21-6-4-2-3-5(32-34(29,30)15(17,18)19)9(13(27)28)24(4)12(6)26/h4,6H,2-3H2,1H3,(H2,20,22)(H,21,25)(H,27,28). The average Bonchev–Trinajstić information content (AvgIpc) is 3.05. The lowest BCUT2D eigenvalue weighted by molar-refractivity contribution is -0.156. The summed E-state index contributed by atoms with van der Waals surface area (Å²) in [4.78, 5) is 45.9. The molecule has 0 saturated carbocycles. The number of rotatable bonds is 7. The van der Waals surface area contributed by atoms with Gasteiger partial charge in [-0.15, -0.1) is 0 Å². The number of carbonyl (C=O) groups is 3. The number of nitrogens with two attached hydrogens (primary N) is 1. The van der Waals surface area contributed by atoms with E-state index in [-0.39, 0.29) is 21.6 Å². The van der Waals surface area contributed by atoms with Crippen LogP contribution in [-0.4, -0.2) is 71.6 Å². The molecule has 2 aliphatic heterocycles. The van der Waals surface area contributed by atoms with Gasteiger partial charge in [0.1, 0.15) is 23.2 Å². The van der Waals surface area contributed by atoms with Crippen molar-refractivity contribution in [2.45, 2.75) is 30.4 Å². The summed E-state index contributed by atoms with van der Waals surface area (Å²) in [5.74, 6) is -5.00. The Kier molecular flexibility index (Phi) is 6.68. The first-order valence-electron chi connectivity index (χ1n) is 8.84. The third-order valence-corrected chi connectivity index (χ3v) is 6.67. The molecule has 2 aliphatic rings. The maximum absolute atomic E-state index is 12.7. The number of nitrogens with zero attached hydrogens (tertiary/aromatic N) is 3. The molecule has 3 rings (SSSR count). The first-order chi connectivity index (χ1) is 15.7. The Balaban J connectivity index is 1.85. The monoisotopic (exact) mass is 547 g/mol. The molecule has 2 unspecified atom stereocenters. The third-order valence-electron chi connectivity index (χ3n) is 4.60. The summed E-state index contributed by atoms with van der Waals surface area (Å²) < 4.78 is 64.5. The molecule has 34 heavy (non-hydrogen) atoms. The number of oxime groups is 1. The zero-order valence-electron chi connectivity index (χ0n) is 16.6. The smallest absolute Gasteiger partial charge is 0.476 e. The normalized spacial score (nSPS) is 21.0. The van der Waals surface area contributed by atoms with Gasteiger partial charge in [-0.05, 0) is 6.42 Å². The molecule has 0 aliphatic carbocycles. The second kappa shape index (κ2) is 8.91. The van der Waals surface area contributed by atoms with E-state index in [0.29, 0.717) is 4.90 Å². The predicted molar refractivity (Wildman–Crippen MR) is 108 cm³/mol. The van der Waals surface area contributed by atoms with Crippen molar-refractivity contribution in [3.63, 3.8) is 0 Å². The van der Waals surface area contributed by atoms with E-state index in [1.807, 2.05) is 0 Å². The highest BCUT2D eigenvalue weighted by molar-refractivity contribution is 7.87. The van der Waals surface area contributed by atoms with Crippen molar-refractivity contribution in [1.29, 1.82) is 0 Å². The first-order valence-corrected chi connectivity index (χ1v) is 11.4. The van der Waals surface area contributed by atoms with Crippen molar-refractivity contribution in [3.8, 4) is 0 Å². The molecule has 3 heterocycles. The number of carbonyl (C=O) groups excluding carboxylic acids is 2. The van der Waals surface area contributed by atoms with Gasteiger partial charge in [0.05, 0.1) is 6.04 Å². The van der Waals surface area contributed by atoms with Gasteiger partial charge in [-0.3, -0.25) is 14.5 Å². The van der Waals surface area contributed by atoms with Crippen LogP contribution in [0, 0.1) is 0 Å². The molecule has 0 aromatic carbocycles. The van der Waals surface area contributed by atoms with Crippen LogP contribution in [0.3, 0.4) is 0 Å². The lowest BCUT2D eigenvalue weighted by atomic mass is 9.85. The van der Waals surface area contributed by atoms with Crippen molar-refractivity contribution in [3.05, 3.63) is 21.5 Å². The number of aliphatic carboxylic acids is 1. The summed E-state index contributed by atoms with van der Waals surface area (Å²) >= 11 is 6.80. The molecular weight excluding hydrogens is 535 g/mol. The molecular formula is C15H13ClF3N5O8S2. The molecule has 19 heteroatoms. The van der Waals surface area contributed by atoms with Crippen LogP contribution >= 0.6 is 22.9 Å². The van der Waals surface area contributed by atoms with Crippen molar-refractivity contribution >= 4 is 61.7 Å². The van der Waals surface area contributed by atoms with Gasteiger partial charge in [0.2, 0.25) is 0 Å². The molecule has 1 saturated heterocycles. The molecule has 186 valence electrons. The predicted octanol–water partition coefficient (Wildman–Crippen LogP) is 0.381. The second-order valence-corrected chi connectivity index (χ2v) is 9.79. The topological polar surface area (TPSA) is 191 Å². The summed E-state index contributed by atoms with van der Waals surface area (Å²) in [7, 11) is -5.05. The number of β-lactam (4-membered cyclic amide) rings is 1. The van der Waals surface area contributed by atoms with Crippen LogP contribution in [0.4, 0.5) is 18.3 Å². The van der Waals surface area contributed by atoms with Crippen LogP contribution in [0.5, 0.6) is 0 Å². The van der Waals surface area contributed by atoms with Gasteiger partial charge >= 0.3 is 21.6 Å². The fraction of sp³-hybridized carbons (Fsp3) is 0.400. The van der Waals surface area contributed by atoms with Crippen LogP contribution in [-0.2, 0) is 33.5 Å². The van der Waals surface area contributed by atoms with E-state index < -0.39 is 69.1 Å². The molecule has 1 fully saturated rings. The van der Waals surface area contributed by atoms with E-state index in [0.717, 1.165) is 18.4 Å². The highest BCUT2D eigenvalue weighted by Gasteiger charge is 2.56. The van der Waals surface area contributed by atoms with E-state index in [4.69, 9.17) is 17.3 Å². The van der Waals surface area contributed by atoms with Crippen molar-refractivity contribution in [2.75, 3.05) is 12.8 Å². The molecule has 2 amide bonds. The number of allylic oxidation sites excluding steroid dienone is 1. The van der Waals surface area contributed by atoms with Crippen LogP contribution in [0.1, 0.15) is 18.5 Å². The van der Waals surface area contributed by atoms with Gasteiger partial charge in [-0.1, -0.05) is 28.1 Å². The lowest BCUT2D eigenvalue weighted by Crippen LogP contribution is -2.72. The molecule has 1 aromatic heterocycles. The first kappa shape index (κ1) is 25.5. The number of hydrogen-bond donors (Lipinski definition) is 3. The largest absolute Gasteiger partial charge is 0.534 e. The zero-order valence-corrected chi connectivity index (χ0v) is 19.0. The number of anilines is 1. The fourth-order valence-electron chi connectivity index (χ4n) is 3.25. The highest BCUT2D eigenvalue weighted by Crippen LogP contribution is 2.39. The Morgan fingerprint density at radius 2 is 2.06 bits per heavy atom. The second-order valence-electron chi connectivity index (χ2n) is 6.62. The number of aromatic nitrogens is 1. The Hall–Kier alpha value is -3.12. The van der Waals surface area contributed by atoms with Gasteiger partial charge in [-0.25, -0.2) is 9.78 Å². The van der Waals surface area contributed by atoms with Gasteiger partial charge in [0, 0.05) is 6.42 Å². The Morgan fingerprint density at radius 3 is 2.56 bits per heavy atom. The van der Waals surface area contributed by atoms with Crippen molar-refractivity contribution in [1.82, 2.24) is 15.2 Å². The molecule has 0 radical (unpaired) electrons. The summed E-state index contributed by atoms with van der Waals surface area (Å²) in [6.07, 6.45) is -0.803. The quantitative estimate of drug-likeness (QED) is 0.141. The van der Waals surface area contributed by atoms with Gasteiger partial charge in [0.25, 0.3) is 11.8 Å². The summed E-state index contributed by atoms with van der Waals surface area (Å²) in [5, 5.41) is 15.2. The van der Waals surface area contributed by atoms with Crippen LogP contribution in [0.2, 0.25) is 4.34 Å². The number of carboxylic acid groups (broad SMARTS) is 1. The minimum Gasteiger partial charge on any atom is -0.476 e. The fourth-order valence-corrected chi connectivity index (χ4v) is 4.70. The summed E-state index contributed by atoms with van der Waals surface area (Å²) in [5.41, 5.74) is -1.95. The van der Waals surface area contributed by atoms with E-state index >= 15 is 0 Å². The number of alkyl halides is 3. The third kappa shape index (κ3) is 4.47. The SMILES string of the molecule is CON=C(C(=O)NC1C(=O)N2C(C(=O)O)=C(OS(=O)(=O)C(F)(F)F)CCC12)c1nc(N)sc1Cl. The molecule has 0 spiro atoms. The zero-order chi connectivity index (χ0) is 25.6. The summed E-state index contributed by atoms with van der Waals surface area (Å²) in [6.45, 7) is 0. The van der Waals surface area contributed by atoms with E-state index in [9.17, 15) is 41.1 Å². The number of halogens is 4. The number of carboxylic acids is 1. The van der Waals surface area contributed by atoms with Crippen LogP contribution in [0.15, 0.2) is 16.6 Å². The van der Waals surface area contributed by atoms with Crippen molar-refractivity contribution < 1.29 is 50.1 Å². The number of amides is 2. The molecule has 1 aromatic rings. The Labute approximate surface area is 197 Å². The van der Waals surface area contributed by atoms with E-state index in [1.165, 1.54) is 0 Å². The number of thiazole rings is 1. The van der Waals surface area contributed by atoms with E-state index in [2.05, 4.69) is 24.5 Å². The molecule has 2 atom stereocenters. The number of nitrogens with one attached hydrogen (secondary N) is 1. The lowest BCUT2D eigenvalue weighted by Gasteiger charge is -2.49. The molecule has 4 N–H and O–H groups in total. The van der Waals surface area contributed by atoms with Crippen LogP contribution in [0.25, 0.3) is 0 Å². The van der Waals surface area contributed by atoms with E-state index in [1.54, 1.807) is 0 Å². The number of fused-ring (bicyclic) bond motifs is 1. The number of nitrogen functional groups attached to an aromatic ring is 1. The number of hydrogen-bond acceptors (Lipinski definition) is 11.